The van der Waals surface area contributed by atoms with E-state index in [1.165, 1.54) is 12.1 Å². The van der Waals surface area contributed by atoms with Crippen molar-refractivity contribution in [2.45, 2.75) is 25.0 Å². The Morgan fingerprint density at radius 2 is 2.04 bits per heavy atom. The molecule has 144 valence electrons. The van der Waals surface area contributed by atoms with E-state index in [4.69, 9.17) is 4.74 Å². The molecule has 0 saturated carbocycles. The number of benzene rings is 2. The number of β-amino-alcohol motifs (C(OH)–C–C–N with tert-alkyl or cyclic N) is 1. The molecule has 0 spiro atoms. The number of pyridine rings is 1. The number of amides is 1. The minimum Gasteiger partial charge on any atom is -0.488 e. The van der Waals surface area contributed by atoms with Crippen LogP contribution in [0, 0.1) is 5.82 Å². The second-order valence-corrected chi connectivity index (χ2v) is 7.01. The molecule has 2 heterocycles. The van der Waals surface area contributed by atoms with Gasteiger partial charge in [0.2, 0.25) is 5.91 Å². The van der Waals surface area contributed by atoms with E-state index in [0.717, 1.165) is 16.5 Å². The number of nitrogens with zero attached hydrogens (tertiary/aromatic N) is 2. The number of hydrogen-bond donors (Lipinski definition) is 1. The monoisotopic (exact) mass is 380 g/mol. The standard InChI is InChI=1S/C22H21FN2O3/c23-17-5-3-15(4-6-17)12-22(27)25-11-9-21(20(26)14-25)28-18-7-8-19-16(13-18)2-1-10-24-19/h1-8,10,13,20-21,26H,9,11-12,14H2/t20-,21-/m1/s1. The number of rotatable bonds is 4. The summed E-state index contributed by atoms with van der Waals surface area (Å²) >= 11 is 0. The van der Waals surface area contributed by atoms with Gasteiger partial charge in [0.05, 0.1) is 18.5 Å². The highest BCUT2D eigenvalue weighted by atomic mass is 19.1. The first kappa shape index (κ1) is 18.4. The Labute approximate surface area is 162 Å². The number of carbonyl (C=O) groups excluding carboxylic acids is 1. The lowest BCUT2D eigenvalue weighted by molar-refractivity contribution is -0.136. The van der Waals surface area contributed by atoms with Crippen molar-refractivity contribution in [2.24, 2.45) is 0 Å². The molecule has 0 radical (unpaired) electrons. The van der Waals surface area contributed by atoms with Crippen LogP contribution in [-0.4, -0.2) is 46.2 Å². The summed E-state index contributed by atoms with van der Waals surface area (Å²) in [5.41, 5.74) is 1.64. The van der Waals surface area contributed by atoms with Crippen LogP contribution in [-0.2, 0) is 11.2 Å². The first-order valence-corrected chi connectivity index (χ1v) is 9.30. The number of piperidine rings is 1. The van der Waals surface area contributed by atoms with Crippen LogP contribution < -0.4 is 4.74 Å². The third kappa shape index (κ3) is 4.12. The zero-order valence-electron chi connectivity index (χ0n) is 15.3. The predicted molar refractivity (Wildman–Crippen MR) is 103 cm³/mol. The fourth-order valence-electron chi connectivity index (χ4n) is 3.46. The fraction of sp³-hybridized carbons (Fsp3) is 0.273. The van der Waals surface area contributed by atoms with Gasteiger partial charge in [-0.3, -0.25) is 9.78 Å². The van der Waals surface area contributed by atoms with Crippen LogP contribution in [0.5, 0.6) is 5.75 Å². The Morgan fingerprint density at radius 3 is 2.82 bits per heavy atom. The maximum Gasteiger partial charge on any atom is 0.227 e. The van der Waals surface area contributed by atoms with Crippen LogP contribution >= 0.6 is 0 Å². The Balaban J connectivity index is 1.36. The molecular formula is C22H21FN2O3. The molecule has 2 aromatic carbocycles. The fourth-order valence-corrected chi connectivity index (χ4v) is 3.46. The van der Waals surface area contributed by atoms with E-state index < -0.39 is 6.10 Å². The van der Waals surface area contributed by atoms with E-state index in [-0.39, 0.29) is 30.8 Å². The smallest absolute Gasteiger partial charge is 0.227 e. The lowest BCUT2D eigenvalue weighted by Crippen LogP contribution is -2.51. The van der Waals surface area contributed by atoms with Gasteiger partial charge in [-0.15, -0.1) is 0 Å². The van der Waals surface area contributed by atoms with Gasteiger partial charge in [-0.1, -0.05) is 18.2 Å². The predicted octanol–water partition coefficient (Wildman–Crippen LogP) is 2.96. The molecule has 1 N–H and O–H groups in total. The van der Waals surface area contributed by atoms with Gasteiger partial charge in [0.1, 0.15) is 23.8 Å². The second-order valence-electron chi connectivity index (χ2n) is 7.01. The molecule has 1 aliphatic rings. The van der Waals surface area contributed by atoms with Gasteiger partial charge in [0.25, 0.3) is 0 Å². The molecule has 1 amide bonds. The molecule has 0 aliphatic carbocycles. The summed E-state index contributed by atoms with van der Waals surface area (Å²) in [6.45, 7) is 0.733. The SMILES string of the molecule is O=C(Cc1ccc(F)cc1)N1CC[C@@H](Oc2ccc3ncccc3c2)[C@H](O)C1. The van der Waals surface area contributed by atoms with E-state index in [2.05, 4.69) is 4.98 Å². The summed E-state index contributed by atoms with van der Waals surface area (Å²) < 4.78 is 19.0. The normalized spacial score (nSPS) is 19.6. The van der Waals surface area contributed by atoms with E-state index in [9.17, 15) is 14.3 Å². The highest BCUT2D eigenvalue weighted by molar-refractivity contribution is 5.80. The maximum absolute atomic E-state index is 13.0. The number of aromatic nitrogens is 1. The Hall–Kier alpha value is -2.99. The maximum atomic E-state index is 13.0. The minimum atomic E-state index is -0.768. The van der Waals surface area contributed by atoms with E-state index >= 15 is 0 Å². The number of hydrogen-bond acceptors (Lipinski definition) is 4. The molecule has 0 bridgehead atoms. The number of aliphatic hydroxyl groups is 1. The van der Waals surface area contributed by atoms with Crippen LogP contribution in [0.4, 0.5) is 4.39 Å². The van der Waals surface area contributed by atoms with Crippen LogP contribution in [0.25, 0.3) is 10.9 Å². The molecule has 1 aromatic heterocycles. The van der Waals surface area contributed by atoms with Crippen molar-refractivity contribution in [1.82, 2.24) is 9.88 Å². The number of fused-ring (bicyclic) bond motifs is 1. The topological polar surface area (TPSA) is 62.7 Å². The van der Waals surface area contributed by atoms with E-state index in [0.29, 0.717) is 18.7 Å². The van der Waals surface area contributed by atoms with Crippen molar-refractivity contribution in [1.29, 1.82) is 0 Å². The lowest BCUT2D eigenvalue weighted by Gasteiger charge is -2.36. The Kier molecular flexibility index (Phi) is 5.21. The summed E-state index contributed by atoms with van der Waals surface area (Å²) in [6, 6.07) is 15.4. The number of ether oxygens (including phenoxy) is 1. The average Bonchev–Trinajstić information content (AvgIpc) is 2.71. The third-order valence-electron chi connectivity index (χ3n) is 5.00. The lowest BCUT2D eigenvalue weighted by atomic mass is 10.0. The van der Waals surface area contributed by atoms with Gasteiger partial charge < -0.3 is 14.7 Å². The molecule has 2 atom stereocenters. The summed E-state index contributed by atoms with van der Waals surface area (Å²) in [6.07, 6.45) is 1.34. The molecule has 28 heavy (non-hydrogen) atoms. The first-order chi connectivity index (χ1) is 13.6. The van der Waals surface area contributed by atoms with Crippen molar-refractivity contribution in [2.75, 3.05) is 13.1 Å². The Morgan fingerprint density at radius 1 is 1.21 bits per heavy atom. The van der Waals surface area contributed by atoms with Gasteiger partial charge >= 0.3 is 0 Å². The number of aliphatic hydroxyl groups excluding tert-OH is 1. The summed E-state index contributed by atoms with van der Waals surface area (Å²) in [5.74, 6) is 0.269. The van der Waals surface area contributed by atoms with Crippen LogP contribution in [0.3, 0.4) is 0 Å². The Bertz CT molecular complexity index is 977. The van der Waals surface area contributed by atoms with Gasteiger partial charge in [-0.2, -0.15) is 0 Å². The number of carbonyl (C=O) groups is 1. The molecule has 0 unspecified atom stereocenters. The summed E-state index contributed by atoms with van der Waals surface area (Å²) in [5, 5.41) is 11.5. The highest BCUT2D eigenvalue weighted by Crippen LogP contribution is 2.23. The largest absolute Gasteiger partial charge is 0.488 e. The van der Waals surface area contributed by atoms with Crippen molar-refractivity contribution in [3.05, 3.63) is 72.2 Å². The van der Waals surface area contributed by atoms with Crippen molar-refractivity contribution in [3.8, 4) is 5.75 Å². The quantitative estimate of drug-likeness (QED) is 0.756. The average molecular weight is 380 g/mol. The van der Waals surface area contributed by atoms with E-state index in [1.807, 2.05) is 30.3 Å². The molecule has 6 heteroatoms. The minimum absolute atomic E-state index is 0.0825. The van der Waals surface area contributed by atoms with Gasteiger partial charge in [-0.05, 0) is 42.0 Å². The molecule has 1 saturated heterocycles. The van der Waals surface area contributed by atoms with E-state index in [1.54, 1.807) is 23.2 Å². The van der Waals surface area contributed by atoms with Gasteiger partial charge in [0, 0.05) is 24.5 Å². The molecule has 3 aromatic rings. The zero-order valence-corrected chi connectivity index (χ0v) is 15.3. The zero-order chi connectivity index (χ0) is 19.5. The highest BCUT2D eigenvalue weighted by Gasteiger charge is 2.31. The molecule has 4 rings (SSSR count). The van der Waals surface area contributed by atoms with Crippen LogP contribution in [0.2, 0.25) is 0 Å². The van der Waals surface area contributed by atoms with Gasteiger partial charge in [0.15, 0.2) is 0 Å². The van der Waals surface area contributed by atoms with Gasteiger partial charge in [-0.25, -0.2) is 4.39 Å². The van der Waals surface area contributed by atoms with Crippen LogP contribution in [0.15, 0.2) is 60.8 Å². The molecule has 1 aliphatic heterocycles. The van der Waals surface area contributed by atoms with Crippen molar-refractivity contribution < 1.29 is 19.0 Å². The summed E-state index contributed by atoms with van der Waals surface area (Å²) in [4.78, 5) is 18.4. The van der Waals surface area contributed by atoms with Crippen LogP contribution in [0.1, 0.15) is 12.0 Å². The number of halogens is 1. The molecular weight excluding hydrogens is 359 g/mol. The molecule has 5 nitrogen and oxygen atoms in total. The first-order valence-electron chi connectivity index (χ1n) is 9.30. The molecule has 1 fully saturated rings. The van der Waals surface area contributed by atoms with Crippen molar-refractivity contribution >= 4 is 16.8 Å². The van der Waals surface area contributed by atoms with Crippen molar-refractivity contribution in [3.63, 3.8) is 0 Å². The number of likely N-dealkylation sites (tertiary alicyclic amines) is 1. The third-order valence-corrected chi connectivity index (χ3v) is 5.00. The summed E-state index contributed by atoms with van der Waals surface area (Å²) in [7, 11) is 0. The second kappa shape index (κ2) is 7.94.